The predicted octanol–water partition coefficient (Wildman–Crippen LogP) is -0.453. The van der Waals surface area contributed by atoms with Crippen LogP contribution in [0.15, 0.2) is 11.2 Å². The Kier molecular flexibility index (Phi) is 3.88. The number of carboxylic acid groups (broad SMARTS) is 1. The van der Waals surface area contributed by atoms with Crippen LogP contribution in [0.3, 0.4) is 0 Å². The number of aliphatic hydroxyl groups excluding tert-OH is 1. The summed E-state index contributed by atoms with van der Waals surface area (Å²) in [6.45, 7) is -0.0953. The summed E-state index contributed by atoms with van der Waals surface area (Å²) in [6.07, 6.45) is 3.15. The number of carbonyl (C=O) groups is 1. The number of nitrogens with zero attached hydrogens (tertiary/aromatic N) is 1. The van der Waals surface area contributed by atoms with Crippen LogP contribution in [-0.2, 0) is 10.0 Å². The number of aromatic amines is 1. The monoisotopic (exact) mass is 289 g/mol. The van der Waals surface area contributed by atoms with Crippen molar-refractivity contribution in [1.29, 1.82) is 0 Å². The molecule has 2 rings (SSSR count). The molecule has 1 heterocycles. The second-order valence-corrected chi connectivity index (χ2v) is 6.17. The van der Waals surface area contributed by atoms with E-state index in [0.29, 0.717) is 6.42 Å². The smallest absolute Gasteiger partial charge is 0.340 e. The largest absolute Gasteiger partial charge is 0.478 e. The summed E-state index contributed by atoms with van der Waals surface area (Å²) in [6, 6.07) is -0.375. The molecular weight excluding hydrogens is 274 g/mol. The van der Waals surface area contributed by atoms with E-state index in [4.69, 9.17) is 10.2 Å². The number of hydrogen-bond acceptors (Lipinski definition) is 5. The molecule has 106 valence electrons. The molecule has 19 heavy (non-hydrogen) atoms. The normalized spacial score (nSPS) is 23.6. The second kappa shape index (κ2) is 5.27. The van der Waals surface area contributed by atoms with Gasteiger partial charge in [0.15, 0.2) is 5.03 Å². The molecule has 0 amide bonds. The Morgan fingerprint density at radius 3 is 2.89 bits per heavy atom. The lowest BCUT2D eigenvalue weighted by atomic mass is 10.1. The third-order valence-electron chi connectivity index (χ3n) is 3.30. The first-order chi connectivity index (χ1) is 8.95. The van der Waals surface area contributed by atoms with Crippen molar-refractivity contribution in [3.05, 3.63) is 11.8 Å². The van der Waals surface area contributed by atoms with E-state index < -0.39 is 26.6 Å². The lowest BCUT2D eigenvalue weighted by molar-refractivity contribution is 0.0692. The van der Waals surface area contributed by atoms with Gasteiger partial charge in [-0.3, -0.25) is 5.10 Å². The van der Waals surface area contributed by atoms with Crippen molar-refractivity contribution in [1.82, 2.24) is 14.9 Å². The summed E-state index contributed by atoms with van der Waals surface area (Å²) in [5.41, 5.74) is -0.397. The SMILES string of the molecule is O=C(O)c1cn[nH]c1S(=O)(=O)NC1CCCC1CO. The summed E-state index contributed by atoms with van der Waals surface area (Å²) >= 11 is 0. The Balaban J connectivity index is 2.23. The van der Waals surface area contributed by atoms with Gasteiger partial charge in [0, 0.05) is 12.6 Å². The van der Waals surface area contributed by atoms with Crippen molar-refractivity contribution < 1.29 is 23.4 Å². The minimum Gasteiger partial charge on any atom is -0.478 e. The van der Waals surface area contributed by atoms with E-state index in [-0.39, 0.29) is 18.6 Å². The zero-order valence-electron chi connectivity index (χ0n) is 10.0. The Morgan fingerprint density at radius 1 is 1.53 bits per heavy atom. The number of H-pyrrole nitrogens is 1. The van der Waals surface area contributed by atoms with Crippen molar-refractivity contribution in [3.8, 4) is 0 Å². The van der Waals surface area contributed by atoms with Crippen LogP contribution in [0.5, 0.6) is 0 Å². The minimum absolute atomic E-state index is 0.0953. The number of aromatic carboxylic acids is 1. The van der Waals surface area contributed by atoms with E-state index >= 15 is 0 Å². The van der Waals surface area contributed by atoms with Gasteiger partial charge < -0.3 is 10.2 Å². The lowest BCUT2D eigenvalue weighted by Gasteiger charge is -2.18. The minimum atomic E-state index is -3.98. The number of carboxylic acids is 1. The molecule has 0 spiro atoms. The van der Waals surface area contributed by atoms with Crippen LogP contribution in [0.2, 0.25) is 0 Å². The molecule has 9 heteroatoms. The Bertz CT molecular complexity index is 567. The van der Waals surface area contributed by atoms with Crippen LogP contribution in [0.4, 0.5) is 0 Å². The lowest BCUT2D eigenvalue weighted by Crippen LogP contribution is -2.39. The molecule has 0 radical (unpaired) electrons. The number of sulfonamides is 1. The van der Waals surface area contributed by atoms with Crippen LogP contribution in [0.1, 0.15) is 29.6 Å². The molecule has 1 aliphatic rings. The molecule has 0 aromatic carbocycles. The highest BCUT2D eigenvalue weighted by molar-refractivity contribution is 7.89. The number of rotatable bonds is 5. The van der Waals surface area contributed by atoms with Gasteiger partial charge in [0.05, 0.1) is 6.20 Å². The van der Waals surface area contributed by atoms with Crippen molar-refractivity contribution in [2.45, 2.75) is 30.3 Å². The van der Waals surface area contributed by atoms with Crippen molar-refractivity contribution in [3.63, 3.8) is 0 Å². The molecule has 1 aromatic rings. The van der Waals surface area contributed by atoms with Gasteiger partial charge >= 0.3 is 5.97 Å². The van der Waals surface area contributed by atoms with Gasteiger partial charge in [-0.15, -0.1) is 0 Å². The van der Waals surface area contributed by atoms with Gasteiger partial charge in [0.1, 0.15) is 5.56 Å². The molecule has 2 unspecified atom stereocenters. The van der Waals surface area contributed by atoms with E-state index in [2.05, 4.69) is 14.9 Å². The van der Waals surface area contributed by atoms with Crippen LogP contribution in [0.25, 0.3) is 0 Å². The first-order valence-electron chi connectivity index (χ1n) is 5.85. The molecule has 0 aliphatic heterocycles. The van der Waals surface area contributed by atoms with Gasteiger partial charge in [-0.1, -0.05) is 6.42 Å². The summed E-state index contributed by atoms with van der Waals surface area (Å²) < 4.78 is 26.6. The van der Waals surface area contributed by atoms with E-state index in [1.807, 2.05) is 0 Å². The molecule has 4 N–H and O–H groups in total. The van der Waals surface area contributed by atoms with Crippen molar-refractivity contribution >= 4 is 16.0 Å². The first kappa shape index (κ1) is 14.0. The van der Waals surface area contributed by atoms with Crippen LogP contribution >= 0.6 is 0 Å². The quantitative estimate of drug-likeness (QED) is 0.580. The molecule has 1 aromatic heterocycles. The highest BCUT2D eigenvalue weighted by Gasteiger charge is 2.33. The van der Waals surface area contributed by atoms with E-state index in [0.717, 1.165) is 19.0 Å². The van der Waals surface area contributed by atoms with E-state index in [1.165, 1.54) is 0 Å². The molecule has 8 nitrogen and oxygen atoms in total. The van der Waals surface area contributed by atoms with Gasteiger partial charge in [-0.25, -0.2) is 17.9 Å². The fraction of sp³-hybridized carbons (Fsp3) is 0.600. The predicted molar refractivity (Wildman–Crippen MR) is 64.1 cm³/mol. The first-order valence-corrected chi connectivity index (χ1v) is 7.34. The maximum absolute atomic E-state index is 12.1. The standard InChI is InChI=1S/C10H15N3O5S/c14-5-6-2-1-3-8(6)13-19(17,18)9-7(10(15)16)4-11-12-9/h4,6,8,13-14H,1-3,5H2,(H,11,12)(H,15,16). The number of nitrogens with one attached hydrogen (secondary N) is 2. The maximum Gasteiger partial charge on any atom is 0.340 e. The van der Waals surface area contributed by atoms with Crippen molar-refractivity contribution in [2.75, 3.05) is 6.61 Å². The summed E-state index contributed by atoms with van der Waals surface area (Å²) in [7, 11) is -3.98. The zero-order chi connectivity index (χ0) is 14.0. The highest BCUT2D eigenvalue weighted by atomic mass is 32.2. The average molecular weight is 289 g/mol. The highest BCUT2D eigenvalue weighted by Crippen LogP contribution is 2.26. The molecule has 1 aliphatic carbocycles. The van der Waals surface area contributed by atoms with E-state index in [1.54, 1.807) is 0 Å². The molecule has 1 fully saturated rings. The fourth-order valence-electron chi connectivity index (χ4n) is 2.30. The zero-order valence-corrected chi connectivity index (χ0v) is 10.9. The molecule has 1 saturated carbocycles. The van der Waals surface area contributed by atoms with Crippen LogP contribution in [-0.4, -0.2) is 47.4 Å². The molecule has 0 bridgehead atoms. The van der Waals surface area contributed by atoms with Crippen LogP contribution < -0.4 is 4.72 Å². The fourth-order valence-corrected chi connectivity index (χ4v) is 3.73. The van der Waals surface area contributed by atoms with E-state index in [9.17, 15) is 13.2 Å². The third kappa shape index (κ3) is 2.77. The maximum atomic E-state index is 12.1. The van der Waals surface area contributed by atoms with Gasteiger partial charge in [0.2, 0.25) is 0 Å². The van der Waals surface area contributed by atoms with Crippen molar-refractivity contribution in [2.24, 2.45) is 5.92 Å². The molecule has 0 saturated heterocycles. The average Bonchev–Trinajstić information content (AvgIpc) is 2.95. The molecule has 2 atom stereocenters. The Hall–Kier alpha value is -1.45. The number of aromatic nitrogens is 2. The summed E-state index contributed by atoms with van der Waals surface area (Å²) in [5.74, 6) is -1.50. The van der Waals surface area contributed by atoms with Gasteiger partial charge in [0.25, 0.3) is 10.0 Å². The summed E-state index contributed by atoms with van der Waals surface area (Å²) in [4.78, 5) is 10.9. The second-order valence-electron chi connectivity index (χ2n) is 4.52. The molecular formula is C10H15N3O5S. The number of hydrogen-bond donors (Lipinski definition) is 4. The topological polar surface area (TPSA) is 132 Å². The Labute approximate surface area is 109 Å². The van der Waals surface area contributed by atoms with Gasteiger partial charge in [-0.05, 0) is 18.8 Å². The number of aliphatic hydroxyl groups is 1. The van der Waals surface area contributed by atoms with Crippen LogP contribution in [0, 0.1) is 5.92 Å². The Morgan fingerprint density at radius 2 is 2.26 bits per heavy atom. The van der Waals surface area contributed by atoms with Gasteiger partial charge in [-0.2, -0.15) is 5.10 Å². The summed E-state index contributed by atoms with van der Waals surface area (Å²) in [5, 5.41) is 23.2. The third-order valence-corrected chi connectivity index (χ3v) is 4.77.